The van der Waals surface area contributed by atoms with Crippen molar-refractivity contribution in [3.8, 4) is 0 Å². The second-order valence-corrected chi connectivity index (χ2v) is 4.28. The van der Waals surface area contributed by atoms with Crippen LogP contribution in [0.2, 0.25) is 0 Å². The molecule has 3 heteroatoms. The molecule has 0 aliphatic rings. The largest absolute Gasteiger partial charge is 0.384 e. The first-order valence-electron chi connectivity index (χ1n) is 4.33. The summed E-state index contributed by atoms with van der Waals surface area (Å²) < 4.78 is 12.6. The first kappa shape index (κ1) is 9.96. The summed E-state index contributed by atoms with van der Waals surface area (Å²) in [7, 11) is 0. The quantitative estimate of drug-likeness (QED) is 0.711. The van der Waals surface area contributed by atoms with E-state index in [1.807, 2.05) is 0 Å². The fraction of sp³-hybridized carbons (Fsp3) is 0.500. The van der Waals surface area contributed by atoms with Gasteiger partial charge in [-0.1, -0.05) is 20.8 Å². The van der Waals surface area contributed by atoms with Crippen LogP contribution in [0, 0.1) is 11.4 Å². The molecule has 2 nitrogen and oxygen atoms in total. The smallest absolute Gasteiger partial charge is 0.214 e. The van der Waals surface area contributed by atoms with Crippen LogP contribution in [0.3, 0.4) is 0 Å². The van der Waals surface area contributed by atoms with E-state index >= 15 is 0 Å². The highest BCUT2D eigenvalue weighted by Crippen LogP contribution is 2.15. The molecule has 0 spiro atoms. The molecule has 0 unspecified atom stereocenters. The molecule has 0 aliphatic heterocycles. The normalized spacial score (nSPS) is 11.4. The van der Waals surface area contributed by atoms with E-state index in [1.54, 1.807) is 6.07 Å². The number of anilines is 1. The van der Waals surface area contributed by atoms with E-state index in [9.17, 15) is 4.39 Å². The average Bonchev–Trinajstić information content (AvgIpc) is 2.00. The van der Waals surface area contributed by atoms with E-state index in [0.717, 1.165) is 12.2 Å². The first-order chi connectivity index (χ1) is 5.97. The average molecular weight is 182 g/mol. The first-order valence-corrected chi connectivity index (χ1v) is 4.33. The van der Waals surface area contributed by atoms with Crippen LogP contribution in [0.4, 0.5) is 10.1 Å². The van der Waals surface area contributed by atoms with Gasteiger partial charge in [-0.15, -0.1) is 0 Å². The van der Waals surface area contributed by atoms with Gasteiger partial charge in [-0.25, -0.2) is 4.98 Å². The molecule has 13 heavy (non-hydrogen) atoms. The summed E-state index contributed by atoms with van der Waals surface area (Å²) in [5.74, 6) is -0.445. The molecule has 72 valence electrons. The maximum Gasteiger partial charge on any atom is 0.214 e. The van der Waals surface area contributed by atoms with Gasteiger partial charge in [0.1, 0.15) is 0 Å². The highest BCUT2D eigenvalue weighted by molar-refractivity contribution is 5.41. The van der Waals surface area contributed by atoms with Gasteiger partial charge in [0.15, 0.2) is 0 Å². The molecule has 0 aromatic carbocycles. The zero-order valence-electron chi connectivity index (χ0n) is 8.26. The van der Waals surface area contributed by atoms with Crippen molar-refractivity contribution in [3.05, 3.63) is 24.3 Å². The van der Waals surface area contributed by atoms with Gasteiger partial charge in [0.2, 0.25) is 5.95 Å². The van der Waals surface area contributed by atoms with Crippen LogP contribution in [0.25, 0.3) is 0 Å². The van der Waals surface area contributed by atoms with Gasteiger partial charge in [0.25, 0.3) is 0 Å². The number of hydrogen-bond donors (Lipinski definition) is 1. The van der Waals surface area contributed by atoms with Crippen LogP contribution in [0.5, 0.6) is 0 Å². The molecule has 1 N–H and O–H groups in total. The van der Waals surface area contributed by atoms with E-state index in [1.165, 1.54) is 12.3 Å². The Morgan fingerprint density at radius 2 is 2.15 bits per heavy atom. The minimum Gasteiger partial charge on any atom is -0.384 e. The molecule has 0 atom stereocenters. The van der Waals surface area contributed by atoms with Crippen LogP contribution in [-0.4, -0.2) is 11.5 Å². The Morgan fingerprint density at radius 3 is 2.69 bits per heavy atom. The second kappa shape index (κ2) is 3.73. The molecule has 1 aromatic rings. The van der Waals surface area contributed by atoms with E-state index in [-0.39, 0.29) is 5.41 Å². The maximum absolute atomic E-state index is 12.6. The number of nitrogens with one attached hydrogen (secondary N) is 1. The molecule has 0 saturated carbocycles. The van der Waals surface area contributed by atoms with Crippen LogP contribution in [0.1, 0.15) is 20.8 Å². The van der Waals surface area contributed by atoms with E-state index in [4.69, 9.17) is 0 Å². The molecular formula is C10H15FN2. The third kappa shape index (κ3) is 3.87. The van der Waals surface area contributed by atoms with Gasteiger partial charge in [0, 0.05) is 24.5 Å². The molecule has 0 saturated heterocycles. The Labute approximate surface area is 78.2 Å². The van der Waals surface area contributed by atoms with Gasteiger partial charge in [-0.3, -0.25) is 0 Å². The molecule has 0 fully saturated rings. The fourth-order valence-corrected chi connectivity index (χ4v) is 0.880. The Morgan fingerprint density at radius 1 is 1.46 bits per heavy atom. The van der Waals surface area contributed by atoms with E-state index < -0.39 is 5.95 Å². The van der Waals surface area contributed by atoms with Gasteiger partial charge >= 0.3 is 0 Å². The molecule has 1 aromatic heterocycles. The highest BCUT2D eigenvalue weighted by atomic mass is 19.1. The summed E-state index contributed by atoms with van der Waals surface area (Å²) in [4.78, 5) is 3.48. The molecular weight excluding hydrogens is 167 g/mol. The maximum atomic E-state index is 12.6. The lowest BCUT2D eigenvalue weighted by Crippen LogP contribution is -2.19. The number of halogens is 1. The minimum absolute atomic E-state index is 0.194. The Bertz CT molecular complexity index is 278. The van der Waals surface area contributed by atoms with Gasteiger partial charge in [-0.2, -0.15) is 4.39 Å². The molecule has 1 rings (SSSR count). The van der Waals surface area contributed by atoms with Crippen molar-refractivity contribution in [2.24, 2.45) is 5.41 Å². The van der Waals surface area contributed by atoms with Gasteiger partial charge in [0.05, 0.1) is 0 Å². The molecule has 1 heterocycles. The van der Waals surface area contributed by atoms with Crippen LogP contribution in [-0.2, 0) is 0 Å². The van der Waals surface area contributed by atoms with Crippen molar-refractivity contribution in [2.75, 3.05) is 11.9 Å². The zero-order chi connectivity index (χ0) is 9.90. The minimum atomic E-state index is -0.445. The monoisotopic (exact) mass is 182 g/mol. The number of rotatable bonds is 2. The van der Waals surface area contributed by atoms with Gasteiger partial charge in [-0.05, 0) is 11.5 Å². The summed E-state index contributed by atoms with van der Waals surface area (Å²) >= 11 is 0. The lowest BCUT2D eigenvalue weighted by molar-refractivity contribution is 0.443. The predicted octanol–water partition coefficient (Wildman–Crippen LogP) is 2.68. The number of aromatic nitrogens is 1. The number of nitrogens with zero attached hydrogens (tertiary/aromatic N) is 1. The van der Waals surface area contributed by atoms with Crippen LogP contribution in [0.15, 0.2) is 18.3 Å². The predicted molar refractivity (Wildman–Crippen MR) is 52.1 cm³/mol. The summed E-state index contributed by atoms with van der Waals surface area (Å²) in [5, 5.41) is 3.15. The topological polar surface area (TPSA) is 24.9 Å². The molecule has 0 amide bonds. The SMILES string of the molecule is CC(C)(C)CNc1ccnc(F)c1. The number of pyridine rings is 1. The van der Waals surface area contributed by atoms with Crippen molar-refractivity contribution in [3.63, 3.8) is 0 Å². The fourth-order valence-electron chi connectivity index (χ4n) is 0.880. The summed E-state index contributed by atoms with van der Waals surface area (Å²) in [5.41, 5.74) is 0.974. The molecule has 0 bridgehead atoms. The zero-order valence-corrected chi connectivity index (χ0v) is 8.26. The van der Waals surface area contributed by atoms with Crippen LogP contribution < -0.4 is 5.32 Å². The number of hydrogen-bond acceptors (Lipinski definition) is 2. The van der Waals surface area contributed by atoms with Crippen LogP contribution >= 0.6 is 0 Å². The Hall–Kier alpha value is -1.12. The third-order valence-corrected chi connectivity index (χ3v) is 1.55. The second-order valence-electron chi connectivity index (χ2n) is 4.28. The standard InChI is InChI=1S/C10H15FN2/c1-10(2,3)7-13-8-4-5-12-9(11)6-8/h4-6H,7H2,1-3H3,(H,12,13). The lowest BCUT2D eigenvalue weighted by atomic mass is 9.97. The van der Waals surface area contributed by atoms with Crippen molar-refractivity contribution >= 4 is 5.69 Å². The summed E-state index contributed by atoms with van der Waals surface area (Å²) in [6, 6.07) is 3.15. The summed E-state index contributed by atoms with van der Waals surface area (Å²) in [6.45, 7) is 7.18. The van der Waals surface area contributed by atoms with E-state index in [0.29, 0.717) is 0 Å². The Balaban J connectivity index is 2.55. The third-order valence-electron chi connectivity index (χ3n) is 1.55. The highest BCUT2D eigenvalue weighted by Gasteiger charge is 2.09. The van der Waals surface area contributed by atoms with Gasteiger partial charge < -0.3 is 5.32 Å². The molecule has 0 aliphatic carbocycles. The van der Waals surface area contributed by atoms with Crippen molar-refractivity contribution in [1.29, 1.82) is 0 Å². The van der Waals surface area contributed by atoms with Crippen molar-refractivity contribution in [2.45, 2.75) is 20.8 Å². The molecule has 0 radical (unpaired) electrons. The van der Waals surface area contributed by atoms with Crippen molar-refractivity contribution < 1.29 is 4.39 Å². The van der Waals surface area contributed by atoms with E-state index in [2.05, 4.69) is 31.1 Å². The Kier molecular flexibility index (Phi) is 2.86. The summed E-state index contributed by atoms with van der Waals surface area (Å²) in [6.07, 6.45) is 1.46. The van der Waals surface area contributed by atoms with Crippen molar-refractivity contribution in [1.82, 2.24) is 4.98 Å². The lowest BCUT2D eigenvalue weighted by Gasteiger charge is -2.19.